The van der Waals surface area contributed by atoms with Gasteiger partial charge in [-0.25, -0.2) is 4.98 Å². The fourth-order valence-electron chi connectivity index (χ4n) is 1.87. The van der Waals surface area contributed by atoms with Gasteiger partial charge in [-0.3, -0.25) is 0 Å². The van der Waals surface area contributed by atoms with Crippen LogP contribution in [0.5, 0.6) is 0 Å². The van der Waals surface area contributed by atoms with Gasteiger partial charge in [0.2, 0.25) is 0 Å². The standard InChI is InChI=1S/C11H18N2S/c1-2-3-11(9-4-5-9)12-6-10-7-14-8-13-10/h7-9,11-12H,2-6H2,1H3. The lowest BCUT2D eigenvalue weighted by Crippen LogP contribution is -2.30. The molecule has 2 nitrogen and oxygen atoms in total. The van der Waals surface area contributed by atoms with E-state index in [1.54, 1.807) is 11.3 Å². The van der Waals surface area contributed by atoms with Gasteiger partial charge in [0.15, 0.2) is 0 Å². The molecule has 1 saturated carbocycles. The second-order valence-corrected chi connectivity index (χ2v) is 4.81. The van der Waals surface area contributed by atoms with Crippen molar-refractivity contribution in [3.05, 3.63) is 16.6 Å². The molecular formula is C11H18N2S. The maximum Gasteiger partial charge on any atom is 0.0795 e. The molecule has 0 spiro atoms. The topological polar surface area (TPSA) is 24.9 Å². The SMILES string of the molecule is CCCC(NCc1cscn1)C1CC1. The van der Waals surface area contributed by atoms with E-state index in [0.29, 0.717) is 0 Å². The first kappa shape index (κ1) is 10.1. The first-order valence-electron chi connectivity index (χ1n) is 5.50. The van der Waals surface area contributed by atoms with Gasteiger partial charge in [0.05, 0.1) is 11.2 Å². The summed E-state index contributed by atoms with van der Waals surface area (Å²) in [6.45, 7) is 3.21. The van der Waals surface area contributed by atoms with E-state index in [9.17, 15) is 0 Å². The van der Waals surface area contributed by atoms with Crippen LogP contribution in [0.4, 0.5) is 0 Å². The molecule has 0 radical (unpaired) electrons. The van der Waals surface area contributed by atoms with Crippen molar-refractivity contribution in [1.29, 1.82) is 0 Å². The van der Waals surface area contributed by atoms with Gasteiger partial charge in [-0.05, 0) is 25.2 Å². The molecule has 1 unspecified atom stereocenters. The molecule has 1 aromatic rings. The van der Waals surface area contributed by atoms with E-state index in [0.717, 1.165) is 18.5 Å². The van der Waals surface area contributed by atoms with E-state index in [-0.39, 0.29) is 0 Å². The van der Waals surface area contributed by atoms with Crippen LogP contribution in [-0.4, -0.2) is 11.0 Å². The zero-order chi connectivity index (χ0) is 9.80. The van der Waals surface area contributed by atoms with E-state index < -0.39 is 0 Å². The Morgan fingerprint density at radius 1 is 1.64 bits per heavy atom. The summed E-state index contributed by atoms with van der Waals surface area (Å²) < 4.78 is 0. The van der Waals surface area contributed by atoms with Gasteiger partial charge in [-0.15, -0.1) is 11.3 Å². The van der Waals surface area contributed by atoms with Crippen LogP contribution in [-0.2, 0) is 6.54 Å². The summed E-state index contributed by atoms with van der Waals surface area (Å²) >= 11 is 1.68. The van der Waals surface area contributed by atoms with Crippen LogP contribution in [0.15, 0.2) is 10.9 Å². The highest BCUT2D eigenvalue weighted by Gasteiger charge is 2.29. The summed E-state index contributed by atoms with van der Waals surface area (Å²) in [4.78, 5) is 4.28. The lowest BCUT2D eigenvalue weighted by Gasteiger charge is -2.16. The second kappa shape index (κ2) is 4.89. The van der Waals surface area contributed by atoms with Crippen molar-refractivity contribution in [3.8, 4) is 0 Å². The van der Waals surface area contributed by atoms with Crippen molar-refractivity contribution in [2.45, 2.75) is 45.2 Å². The molecule has 1 aliphatic rings. The lowest BCUT2D eigenvalue weighted by molar-refractivity contribution is 0.428. The van der Waals surface area contributed by atoms with Crippen LogP contribution in [0.3, 0.4) is 0 Å². The second-order valence-electron chi connectivity index (χ2n) is 4.09. The number of hydrogen-bond acceptors (Lipinski definition) is 3. The monoisotopic (exact) mass is 210 g/mol. The number of hydrogen-bond donors (Lipinski definition) is 1. The summed E-state index contributed by atoms with van der Waals surface area (Å²) in [5, 5.41) is 5.76. The minimum Gasteiger partial charge on any atom is -0.308 e. The average molecular weight is 210 g/mol. The molecule has 0 aromatic carbocycles. The third kappa shape index (κ3) is 2.79. The van der Waals surface area contributed by atoms with Crippen molar-refractivity contribution < 1.29 is 0 Å². The maximum atomic E-state index is 4.28. The van der Waals surface area contributed by atoms with E-state index in [1.807, 2.05) is 5.51 Å². The number of nitrogens with one attached hydrogen (secondary N) is 1. The lowest BCUT2D eigenvalue weighted by atomic mass is 10.1. The Balaban J connectivity index is 1.76. The van der Waals surface area contributed by atoms with Crippen molar-refractivity contribution in [2.24, 2.45) is 5.92 Å². The first-order valence-corrected chi connectivity index (χ1v) is 6.45. The molecule has 1 atom stereocenters. The normalized spacial score (nSPS) is 18.4. The largest absolute Gasteiger partial charge is 0.308 e. The third-order valence-corrected chi connectivity index (χ3v) is 3.45. The molecule has 1 aromatic heterocycles. The predicted octanol–water partition coefficient (Wildman–Crippen LogP) is 2.81. The molecule has 1 heterocycles. The molecule has 78 valence electrons. The van der Waals surface area contributed by atoms with Gasteiger partial charge in [-0.1, -0.05) is 13.3 Å². The van der Waals surface area contributed by atoms with E-state index in [2.05, 4.69) is 22.6 Å². The van der Waals surface area contributed by atoms with Crippen LogP contribution in [0, 0.1) is 5.92 Å². The highest BCUT2D eigenvalue weighted by atomic mass is 32.1. The summed E-state index contributed by atoms with van der Waals surface area (Å²) in [6.07, 6.45) is 5.45. The molecule has 1 aliphatic carbocycles. The number of aromatic nitrogens is 1. The summed E-state index contributed by atoms with van der Waals surface area (Å²) in [5.74, 6) is 0.952. The molecule has 1 fully saturated rings. The molecular weight excluding hydrogens is 192 g/mol. The van der Waals surface area contributed by atoms with Gasteiger partial charge in [0, 0.05) is 18.0 Å². The molecule has 0 amide bonds. The van der Waals surface area contributed by atoms with Crippen LogP contribution in [0.25, 0.3) is 0 Å². The van der Waals surface area contributed by atoms with Gasteiger partial charge >= 0.3 is 0 Å². The van der Waals surface area contributed by atoms with E-state index >= 15 is 0 Å². The number of rotatable bonds is 6. The highest BCUT2D eigenvalue weighted by molar-refractivity contribution is 7.07. The molecule has 0 aliphatic heterocycles. The Morgan fingerprint density at radius 3 is 3.07 bits per heavy atom. The van der Waals surface area contributed by atoms with Crippen LogP contribution in [0.2, 0.25) is 0 Å². The first-order chi connectivity index (χ1) is 6.90. The maximum absolute atomic E-state index is 4.28. The minimum absolute atomic E-state index is 0.738. The minimum atomic E-state index is 0.738. The summed E-state index contributed by atoms with van der Waals surface area (Å²) in [6, 6.07) is 0.738. The molecule has 3 heteroatoms. The van der Waals surface area contributed by atoms with Gasteiger partial charge < -0.3 is 5.32 Å². The van der Waals surface area contributed by atoms with E-state index in [4.69, 9.17) is 0 Å². The van der Waals surface area contributed by atoms with E-state index in [1.165, 1.54) is 31.4 Å². The quantitative estimate of drug-likeness (QED) is 0.781. The Kier molecular flexibility index (Phi) is 3.54. The van der Waals surface area contributed by atoms with Crippen molar-refractivity contribution in [1.82, 2.24) is 10.3 Å². The van der Waals surface area contributed by atoms with Crippen LogP contribution in [0.1, 0.15) is 38.3 Å². The van der Waals surface area contributed by atoms with Crippen molar-refractivity contribution in [2.75, 3.05) is 0 Å². The zero-order valence-corrected chi connectivity index (χ0v) is 9.52. The Hall–Kier alpha value is -0.410. The fourth-order valence-corrected chi connectivity index (χ4v) is 2.43. The number of nitrogens with zero attached hydrogens (tertiary/aromatic N) is 1. The predicted molar refractivity (Wildman–Crippen MR) is 60.4 cm³/mol. The molecule has 2 rings (SSSR count). The molecule has 1 N–H and O–H groups in total. The van der Waals surface area contributed by atoms with Gasteiger partial charge in [-0.2, -0.15) is 0 Å². The van der Waals surface area contributed by atoms with Crippen molar-refractivity contribution >= 4 is 11.3 Å². The molecule has 0 bridgehead atoms. The van der Waals surface area contributed by atoms with Gasteiger partial charge in [0.1, 0.15) is 0 Å². The summed E-state index contributed by atoms with van der Waals surface area (Å²) in [7, 11) is 0. The number of thiazole rings is 1. The average Bonchev–Trinajstić information content (AvgIpc) is 2.90. The Labute approximate surface area is 89.8 Å². The van der Waals surface area contributed by atoms with Gasteiger partial charge in [0.25, 0.3) is 0 Å². The summed E-state index contributed by atoms with van der Waals surface area (Å²) in [5.41, 5.74) is 3.10. The van der Waals surface area contributed by atoms with Crippen molar-refractivity contribution in [3.63, 3.8) is 0 Å². The van der Waals surface area contributed by atoms with Crippen LogP contribution < -0.4 is 5.32 Å². The fraction of sp³-hybridized carbons (Fsp3) is 0.727. The smallest absolute Gasteiger partial charge is 0.0795 e. The van der Waals surface area contributed by atoms with Crippen LogP contribution >= 0.6 is 11.3 Å². The highest BCUT2D eigenvalue weighted by Crippen LogP contribution is 2.34. The third-order valence-electron chi connectivity index (χ3n) is 2.82. The molecule has 14 heavy (non-hydrogen) atoms. The molecule has 0 saturated heterocycles. The Morgan fingerprint density at radius 2 is 2.50 bits per heavy atom. The Bertz CT molecular complexity index is 254. The zero-order valence-electron chi connectivity index (χ0n) is 8.70.